The minimum atomic E-state index is -4.72. The van der Waals surface area contributed by atoms with E-state index >= 15 is 0 Å². The zero-order valence-corrected chi connectivity index (χ0v) is 14.9. The molecule has 0 unspecified atom stereocenters. The Bertz CT molecular complexity index is 925. The summed E-state index contributed by atoms with van der Waals surface area (Å²) in [4.78, 5) is 17.2. The van der Waals surface area contributed by atoms with E-state index in [9.17, 15) is 18.0 Å². The first kappa shape index (κ1) is 19.4. The van der Waals surface area contributed by atoms with Crippen molar-refractivity contribution in [3.8, 4) is 11.4 Å². The fourth-order valence-corrected chi connectivity index (χ4v) is 2.64. The van der Waals surface area contributed by atoms with Crippen molar-refractivity contribution >= 4 is 12.0 Å². The van der Waals surface area contributed by atoms with E-state index in [1.165, 1.54) is 24.3 Å². The largest absolute Gasteiger partial charge is 0.573 e. The second kappa shape index (κ2) is 8.12. The maximum atomic E-state index is 12.2. The van der Waals surface area contributed by atoms with E-state index in [4.69, 9.17) is 0 Å². The Hall–Kier alpha value is -3.36. The van der Waals surface area contributed by atoms with Gasteiger partial charge in [-0.3, -0.25) is 9.78 Å². The molecule has 9 heteroatoms. The van der Waals surface area contributed by atoms with E-state index in [1.54, 1.807) is 36.4 Å². The van der Waals surface area contributed by atoms with Gasteiger partial charge in [0.15, 0.2) is 6.29 Å². The Labute approximate surface area is 159 Å². The molecule has 0 amide bonds. The van der Waals surface area contributed by atoms with Crippen molar-refractivity contribution in [1.82, 2.24) is 14.8 Å². The van der Waals surface area contributed by atoms with Gasteiger partial charge >= 0.3 is 6.36 Å². The molecule has 28 heavy (non-hydrogen) atoms. The van der Waals surface area contributed by atoms with Crippen LogP contribution < -0.4 is 9.64 Å². The molecule has 3 aromatic rings. The van der Waals surface area contributed by atoms with Crippen LogP contribution in [0.15, 0.2) is 55.0 Å². The van der Waals surface area contributed by atoms with Crippen LogP contribution in [0.25, 0.3) is 5.69 Å². The van der Waals surface area contributed by atoms with Crippen LogP contribution >= 0.6 is 0 Å². The number of benzene rings is 1. The van der Waals surface area contributed by atoms with Crippen molar-refractivity contribution in [3.63, 3.8) is 0 Å². The van der Waals surface area contributed by atoms with Gasteiger partial charge in [-0.2, -0.15) is 5.10 Å². The van der Waals surface area contributed by atoms with Crippen molar-refractivity contribution in [2.75, 3.05) is 18.5 Å². The number of aromatic nitrogens is 3. The van der Waals surface area contributed by atoms with E-state index in [2.05, 4.69) is 14.8 Å². The van der Waals surface area contributed by atoms with E-state index in [0.29, 0.717) is 29.9 Å². The highest BCUT2D eigenvalue weighted by atomic mass is 19.4. The van der Waals surface area contributed by atoms with Crippen LogP contribution in [-0.4, -0.2) is 41.0 Å². The third-order valence-corrected chi connectivity index (χ3v) is 4.06. The molecule has 3 rings (SSSR count). The summed E-state index contributed by atoms with van der Waals surface area (Å²) in [6.45, 7) is 0.518. The number of hydrogen-bond acceptors (Lipinski definition) is 5. The highest BCUT2D eigenvalue weighted by Crippen LogP contribution is 2.25. The Morgan fingerprint density at radius 1 is 1.21 bits per heavy atom. The van der Waals surface area contributed by atoms with Crippen molar-refractivity contribution in [3.05, 3.63) is 66.2 Å². The van der Waals surface area contributed by atoms with Gasteiger partial charge in [0.05, 0.1) is 23.1 Å². The molecule has 0 aliphatic carbocycles. The van der Waals surface area contributed by atoms with Crippen molar-refractivity contribution in [1.29, 1.82) is 0 Å². The number of pyridine rings is 1. The number of carbonyl (C=O) groups excluding carboxylic acids is 1. The lowest BCUT2D eigenvalue weighted by Gasteiger charge is -2.19. The number of hydrogen-bond donors (Lipinski definition) is 0. The number of halogens is 3. The van der Waals surface area contributed by atoms with Gasteiger partial charge < -0.3 is 9.64 Å². The number of nitrogens with zero attached hydrogens (tertiary/aromatic N) is 4. The van der Waals surface area contributed by atoms with Crippen molar-refractivity contribution < 1.29 is 22.7 Å². The van der Waals surface area contributed by atoms with Gasteiger partial charge in [0.2, 0.25) is 0 Å². The van der Waals surface area contributed by atoms with Crippen LogP contribution in [0.5, 0.6) is 5.75 Å². The van der Waals surface area contributed by atoms with E-state index in [-0.39, 0.29) is 5.75 Å². The standard InChI is InChI=1S/C19H17F3N4O2/c1-25(15-4-6-17(7-5-15)28-19(20,21)22)10-8-18-14(13-27)12-26(24-18)16-3-2-9-23-11-16/h2-7,9,11-13H,8,10H2,1H3. The average molecular weight is 390 g/mol. The van der Waals surface area contributed by atoms with Gasteiger partial charge in [-0.1, -0.05) is 0 Å². The summed E-state index contributed by atoms with van der Waals surface area (Å²) in [5, 5.41) is 4.45. The topological polar surface area (TPSA) is 60.2 Å². The molecular weight excluding hydrogens is 373 g/mol. The summed E-state index contributed by atoms with van der Waals surface area (Å²) in [6, 6.07) is 9.19. The molecule has 0 radical (unpaired) electrons. The summed E-state index contributed by atoms with van der Waals surface area (Å²) in [5.74, 6) is -0.275. The Morgan fingerprint density at radius 2 is 1.96 bits per heavy atom. The maximum Gasteiger partial charge on any atom is 0.573 e. The van der Waals surface area contributed by atoms with Crippen LogP contribution in [0.2, 0.25) is 0 Å². The number of rotatable bonds is 7. The molecule has 0 saturated heterocycles. The molecule has 1 aromatic carbocycles. The minimum Gasteiger partial charge on any atom is -0.406 e. The Kier molecular flexibility index (Phi) is 5.62. The predicted molar refractivity (Wildman–Crippen MR) is 96.8 cm³/mol. The number of alkyl halides is 3. The number of anilines is 1. The molecule has 0 spiro atoms. The first-order valence-electron chi connectivity index (χ1n) is 8.37. The third-order valence-electron chi connectivity index (χ3n) is 4.06. The van der Waals surface area contributed by atoms with Gasteiger partial charge in [-0.25, -0.2) is 4.68 Å². The summed E-state index contributed by atoms with van der Waals surface area (Å²) in [7, 11) is 1.80. The predicted octanol–water partition coefficient (Wildman–Crippen LogP) is 3.66. The van der Waals surface area contributed by atoms with Crippen LogP contribution in [0.1, 0.15) is 16.1 Å². The fraction of sp³-hybridized carbons (Fsp3) is 0.211. The average Bonchev–Trinajstić information content (AvgIpc) is 3.09. The minimum absolute atomic E-state index is 0.275. The summed E-state index contributed by atoms with van der Waals surface area (Å²) < 4.78 is 42.2. The highest BCUT2D eigenvalue weighted by Gasteiger charge is 2.31. The van der Waals surface area contributed by atoms with Gasteiger partial charge in [0.25, 0.3) is 0 Å². The van der Waals surface area contributed by atoms with Crippen LogP contribution in [-0.2, 0) is 6.42 Å². The quantitative estimate of drug-likeness (QED) is 0.577. The number of ether oxygens (including phenoxy) is 1. The van der Waals surface area contributed by atoms with Crippen molar-refractivity contribution in [2.45, 2.75) is 12.8 Å². The van der Waals surface area contributed by atoms with E-state index in [0.717, 1.165) is 12.0 Å². The second-order valence-electron chi connectivity index (χ2n) is 6.02. The maximum absolute atomic E-state index is 12.2. The molecule has 0 atom stereocenters. The molecule has 0 aliphatic rings. The molecule has 0 N–H and O–H groups in total. The zero-order chi connectivity index (χ0) is 20.1. The summed E-state index contributed by atoms with van der Waals surface area (Å²) in [5.41, 5.74) is 2.56. The first-order chi connectivity index (χ1) is 13.4. The summed E-state index contributed by atoms with van der Waals surface area (Å²) >= 11 is 0. The molecule has 0 bridgehead atoms. The lowest BCUT2D eigenvalue weighted by atomic mass is 10.2. The van der Waals surface area contributed by atoms with Gasteiger partial charge in [-0.05, 0) is 36.4 Å². The first-order valence-corrected chi connectivity index (χ1v) is 8.37. The zero-order valence-electron chi connectivity index (χ0n) is 14.9. The second-order valence-corrected chi connectivity index (χ2v) is 6.02. The normalized spacial score (nSPS) is 11.3. The number of carbonyl (C=O) groups is 1. The SMILES string of the molecule is CN(CCc1nn(-c2cccnc2)cc1C=O)c1ccc(OC(F)(F)F)cc1. The van der Waals surface area contributed by atoms with Crippen LogP contribution in [0, 0.1) is 0 Å². The monoisotopic (exact) mass is 390 g/mol. The third kappa shape index (κ3) is 4.87. The number of aldehydes is 1. The van der Waals surface area contributed by atoms with Gasteiger partial charge in [0, 0.05) is 38.1 Å². The van der Waals surface area contributed by atoms with E-state index < -0.39 is 6.36 Å². The smallest absolute Gasteiger partial charge is 0.406 e. The van der Waals surface area contributed by atoms with Crippen LogP contribution in [0.3, 0.4) is 0 Å². The highest BCUT2D eigenvalue weighted by molar-refractivity contribution is 5.76. The van der Waals surface area contributed by atoms with Crippen LogP contribution in [0.4, 0.5) is 18.9 Å². The fourth-order valence-electron chi connectivity index (χ4n) is 2.64. The molecule has 0 saturated carbocycles. The molecule has 2 aromatic heterocycles. The summed E-state index contributed by atoms with van der Waals surface area (Å²) in [6.07, 6.45) is 1.45. The van der Waals surface area contributed by atoms with Crippen molar-refractivity contribution in [2.24, 2.45) is 0 Å². The van der Waals surface area contributed by atoms with E-state index in [1.807, 2.05) is 11.0 Å². The molecule has 0 fully saturated rings. The van der Waals surface area contributed by atoms with Gasteiger partial charge in [0.1, 0.15) is 5.75 Å². The molecule has 0 aliphatic heterocycles. The van der Waals surface area contributed by atoms with Gasteiger partial charge in [-0.15, -0.1) is 13.2 Å². The molecular formula is C19H17F3N4O2. The Morgan fingerprint density at radius 3 is 2.57 bits per heavy atom. The molecule has 146 valence electrons. The lowest BCUT2D eigenvalue weighted by Crippen LogP contribution is -2.21. The Balaban J connectivity index is 1.66. The lowest BCUT2D eigenvalue weighted by molar-refractivity contribution is -0.274. The number of likely N-dealkylation sites (N-methyl/N-ethyl adjacent to an activating group) is 1. The molecule has 6 nitrogen and oxygen atoms in total. The molecule has 2 heterocycles.